The van der Waals surface area contributed by atoms with Gasteiger partial charge < -0.3 is 15.9 Å². The van der Waals surface area contributed by atoms with Crippen molar-refractivity contribution in [1.82, 2.24) is 0 Å². The van der Waals surface area contributed by atoms with Gasteiger partial charge in [-0.15, -0.1) is 0 Å². The van der Waals surface area contributed by atoms with Gasteiger partial charge in [-0.1, -0.05) is 56.2 Å². The fourth-order valence-corrected chi connectivity index (χ4v) is 5.61. The molecule has 0 saturated heterocycles. The predicted molar refractivity (Wildman–Crippen MR) is 111 cm³/mol. The molecule has 0 amide bonds. The first-order chi connectivity index (χ1) is 13.0. The first kappa shape index (κ1) is 25.1. The minimum atomic E-state index is -4.03. The first-order valence-electron chi connectivity index (χ1n) is 10.1. The van der Waals surface area contributed by atoms with E-state index in [0.717, 1.165) is 37.3 Å². The summed E-state index contributed by atoms with van der Waals surface area (Å²) in [5.74, 6) is 0. The molecule has 0 bridgehead atoms. The Morgan fingerprint density at radius 3 is 1.86 bits per heavy atom. The Bertz CT molecular complexity index is 558. The number of hydrogen-bond donors (Lipinski definition) is 3. The van der Waals surface area contributed by atoms with E-state index in [0.29, 0.717) is 18.9 Å². The van der Waals surface area contributed by atoms with Crippen molar-refractivity contribution in [3.8, 4) is 0 Å². The molecule has 3 nitrogen and oxygen atoms in total. The molecule has 0 aliphatic carbocycles. The van der Waals surface area contributed by atoms with Crippen molar-refractivity contribution in [2.75, 3.05) is 13.2 Å². The van der Waals surface area contributed by atoms with Gasteiger partial charge in [0, 0.05) is 14.5 Å². The summed E-state index contributed by atoms with van der Waals surface area (Å²) < 4.78 is 37.1. The maximum absolute atomic E-state index is 12.4. The van der Waals surface area contributed by atoms with E-state index in [9.17, 15) is 23.4 Å². The van der Waals surface area contributed by atoms with Crippen molar-refractivity contribution in [2.24, 2.45) is 5.73 Å². The Hall–Kier alpha value is -0.893. The third-order valence-corrected chi connectivity index (χ3v) is 8.78. The van der Waals surface area contributed by atoms with Gasteiger partial charge in [0.2, 0.25) is 0 Å². The van der Waals surface area contributed by atoms with Crippen LogP contribution in [0.25, 0.3) is 0 Å². The van der Waals surface area contributed by atoms with Crippen molar-refractivity contribution in [2.45, 2.75) is 81.8 Å². The number of aliphatic hydroxyl groups excluding tert-OH is 2. The smallest absolute Gasteiger partial charge is 0.388 e. The number of unbranched alkanes of at least 4 members (excludes halogenated alkanes) is 2. The third-order valence-electron chi connectivity index (χ3n) is 5.47. The lowest BCUT2D eigenvalue weighted by atomic mass is 9.93. The number of hydrogen-bond acceptors (Lipinski definition) is 3. The van der Waals surface area contributed by atoms with Crippen molar-refractivity contribution in [3.05, 3.63) is 35.4 Å². The molecule has 0 aromatic heterocycles. The average molecular weight is 420 g/mol. The summed E-state index contributed by atoms with van der Waals surface area (Å²) in [4.78, 5) is 0. The van der Waals surface area contributed by atoms with Crippen molar-refractivity contribution >= 4 is 8.07 Å². The number of alkyl halides is 3. The summed E-state index contributed by atoms with van der Waals surface area (Å²) in [5, 5.41) is 18.5. The van der Waals surface area contributed by atoms with Crippen molar-refractivity contribution in [3.63, 3.8) is 0 Å². The lowest BCUT2D eigenvalue weighted by Crippen LogP contribution is -2.47. The van der Waals surface area contributed by atoms with Crippen LogP contribution in [-0.4, -0.2) is 43.2 Å². The monoisotopic (exact) mass is 419 g/mol. The zero-order valence-electron chi connectivity index (χ0n) is 17.2. The van der Waals surface area contributed by atoms with Crippen LogP contribution in [-0.2, 0) is 12.8 Å². The van der Waals surface area contributed by atoms with Crippen molar-refractivity contribution < 1.29 is 23.4 Å². The molecule has 1 aromatic rings. The van der Waals surface area contributed by atoms with Crippen LogP contribution in [0.2, 0.25) is 25.2 Å². The molecule has 0 aliphatic heterocycles. The maximum Gasteiger partial charge on any atom is 0.388 e. The van der Waals surface area contributed by atoms with Gasteiger partial charge in [-0.25, -0.2) is 0 Å². The number of halogens is 3. The fraction of sp³-hybridized carbons (Fsp3) is 0.714. The highest BCUT2D eigenvalue weighted by Gasteiger charge is 2.31. The Morgan fingerprint density at radius 2 is 1.36 bits per heavy atom. The highest BCUT2D eigenvalue weighted by molar-refractivity contribution is 6.77. The van der Waals surface area contributed by atoms with E-state index < -0.39 is 26.2 Å². The molecule has 0 saturated carbocycles. The van der Waals surface area contributed by atoms with Gasteiger partial charge in [0.15, 0.2) is 0 Å². The van der Waals surface area contributed by atoms with E-state index in [-0.39, 0.29) is 13.2 Å². The minimum absolute atomic E-state index is 0.239. The quantitative estimate of drug-likeness (QED) is 0.321. The summed E-state index contributed by atoms with van der Waals surface area (Å²) in [6, 6.07) is 9.57. The number of benzene rings is 1. The summed E-state index contributed by atoms with van der Waals surface area (Å²) in [7, 11) is -1.75. The molecule has 162 valence electrons. The van der Waals surface area contributed by atoms with Gasteiger partial charge in [0.05, 0.1) is 18.8 Å². The van der Waals surface area contributed by atoms with Gasteiger partial charge in [-0.3, -0.25) is 0 Å². The van der Waals surface area contributed by atoms with Gasteiger partial charge in [0.25, 0.3) is 0 Å². The molecule has 0 fully saturated rings. The van der Waals surface area contributed by atoms with Crippen LogP contribution in [0.15, 0.2) is 24.3 Å². The second-order valence-corrected chi connectivity index (χ2v) is 14.2. The Morgan fingerprint density at radius 1 is 0.821 bits per heavy atom. The van der Waals surface area contributed by atoms with Crippen LogP contribution in [0.5, 0.6) is 0 Å². The average Bonchev–Trinajstić information content (AvgIpc) is 2.65. The Kier molecular flexibility index (Phi) is 10.2. The van der Waals surface area contributed by atoms with Crippen LogP contribution < -0.4 is 5.73 Å². The van der Waals surface area contributed by atoms with Crippen LogP contribution in [0.4, 0.5) is 13.2 Å². The SMILES string of the molecule is C[Si](C)(CCCCCc1ccc(CCC(N)(CO)CO)cc1)CCC(F)(F)F. The summed E-state index contributed by atoms with van der Waals surface area (Å²) in [5.41, 5.74) is 7.33. The predicted octanol–water partition coefficient (Wildman–Crippen LogP) is 4.67. The second-order valence-electron chi connectivity index (χ2n) is 8.84. The van der Waals surface area contributed by atoms with Crippen LogP contribution >= 0.6 is 0 Å². The lowest BCUT2D eigenvalue weighted by molar-refractivity contribution is -0.130. The zero-order chi connectivity index (χ0) is 21.3. The molecule has 0 heterocycles. The number of nitrogens with two attached hydrogens (primary N) is 1. The van der Waals surface area contributed by atoms with Gasteiger partial charge in [-0.2, -0.15) is 13.2 Å². The van der Waals surface area contributed by atoms with E-state index in [2.05, 4.69) is 37.4 Å². The number of rotatable bonds is 13. The first-order valence-corrected chi connectivity index (χ1v) is 13.6. The normalized spacial score (nSPS) is 13.1. The molecule has 4 N–H and O–H groups in total. The number of aryl methyl sites for hydroxylation is 2. The third kappa shape index (κ3) is 10.6. The molecule has 0 spiro atoms. The summed E-state index contributed by atoms with van der Waals surface area (Å²) in [6.07, 6.45) is 0.632. The van der Waals surface area contributed by atoms with E-state index in [1.165, 1.54) is 5.56 Å². The van der Waals surface area contributed by atoms with E-state index in [1.807, 2.05) is 0 Å². The molecule has 0 radical (unpaired) electrons. The Balaban J connectivity index is 2.27. The highest BCUT2D eigenvalue weighted by Crippen LogP contribution is 2.29. The largest absolute Gasteiger partial charge is 0.394 e. The minimum Gasteiger partial charge on any atom is -0.394 e. The topological polar surface area (TPSA) is 66.5 Å². The zero-order valence-corrected chi connectivity index (χ0v) is 18.2. The van der Waals surface area contributed by atoms with Gasteiger partial charge in [0.1, 0.15) is 0 Å². The number of aliphatic hydroxyl groups is 2. The lowest BCUT2D eigenvalue weighted by Gasteiger charge is -2.24. The summed E-state index contributed by atoms with van der Waals surface area (Å²) in [6.45, 7) is 3.64. The van der Waals surface area contributed by atoms with Crippen molar-refractivity contribution in [1.29, 1.82) is 0 Å². The molecule has 0 unspecified atom stereocenters. The van der Waals surface area contributed by atoms with E-state index in [1.54, 1.807) is 0 Å². The summed E-state index contributed by atoms with van der Waals surface area (Å²) >= 11 is 0. The van der Waals surface area contributed by atoms with Crippen LogP contribution in [0.1, 0.15) is 43.2 Å². The van der Waals surface area contributed by atoms with E-state index in [4.69, 9.17) is 5.73 Å². The molecule has 0 atom stereocenters. The molecule has 28 heavy (non-hydrogen) atoms. The van der Waals surface area contributed by atoms with E-state index >= 15 is 0 Å². The molecular formula is C21H36F3NO2Si. The molecule has 1 aromatic carbocycles. The van der Waals surface area contributed by atoms with Crippen LogP contribution in [0.3, 0.4) is 0 Å². The molecule has 1 rings (SSSR count). The second kappa shape index (κ2) is 11.3. The molecule has 7 heteroatoms. The standard InChI is InChI=1S/C21H36F3NO2Si/c1-28(2,15-13-21(22,23)24)14-5-3-4-6-18-7-9-19(10-8-18)11-12-20(25,16-26)17-27/h7-10,26-27H,3-6,11-17,25H2,1-2H3. The van der Waals surface area contributed by atoms with Gasteiger partial charge in [-0.05, 0) is 42.9 Å². The fourth-order valence-electron chi connectivity index (χ4n) is 3.19. The van der Waals surface area contributed by atoms with Gasteiger partial charge >= 0.3 is 6.18 Å². The Labute approximate surface area is 168 Å². The van der Waals surface area contributed by atoms with Crippen LogP contribution in [0, 0.1) is 0 Å². The molecule has 0 aliphatic rings. The highest BCUT2D eigenvalue weighted by atomic mass is 28.3. The maximum atomic E-state index is 12.4. The molecular weight excluding hydrogens is 383 g/mol.